The third-order valence-electron chi connectivity index (χ3n) is 5.22. The maximum atomic E-state index is 14.3. The number of ether oxygens (including phenoxy) is 2. The standard InChI is InChI=1S/C20H23FN4O4S/c1-11-23-15-16(19(24-11)29-14-9-6-10-28-20(14,2)3)25-18(22)17(15)30(26,27)13-8-5-4-7-12(13)21/h4-5,7-8,14,25H,6,9-10,22H2,1-3H3. The van der Waals surface area contributed by atoms with Gasteiger partial charge in [-0.15, -0.1) is 0 Å². The van der Waals surface area contributed by atoms with E-state index in [-0.39, 0.29) is 33.7 Å². The summed E-state index contributed by atoms with van der Waals surface area (Å²) in [5.74, 6) is -0.537. The predicted molar refractivity (Wildman–Crippen MR) is 109 cm³/mol. The van der Waals surface area contributed by atoms with Gasteiger partial charge in [0.15, 0.2) is 0 Å². The molecule has 1 aromatic carbocycles. The Morgan fingerprint density at radius 3 is 2.73 bits per heavy atom. The molecule has 1 fully saturated rings. The number of hydrogen-bond donors (Lipinski definition) is 2. The lowest BCUT2D eigenvalue weighted by atomic mass is 9.94. The van der Waals surface area contributed by atoms with E-state index >= 15 is 0 Å². The Bertz CT molecular complexity index is 1220. The van der Waals surface area contributed by atoms with Crippen LogP contribution in [0.4, 0.5) is 10.2 Å². The van der Waals surface area contributed by atoms with E-state index in [2.05, 4.69) is 15.0 Å². The van der Waals surface area contributed by atoms with E-state index in [0.29, 0.717) is 12.4 Å². The second kappa shape index (κ2) is 7.21. The van der Waals surface area contributed by atoms with Gasteiger partial charge in [-0.05, 0) is 45.7 Å². The molecule has 3 N–H and O–H groups in total. The summed E-state index contributed by atoms with van der Waals surface area (Å²) in [7, 11) is -4.27. The quantitative estimate of drug-likeness (QED) is 0.647. The highest BCUT2D eigenvalue weighted by atomic mass is 32.2. The van der Waals surface area contributed by atoms with Crippen LogP contribution in [0.3, 0.4) is 0 Å². The van der Waals surface area contributed by atoms with E-state index in [1.165, 1.54) is 18.2 Å². The topological polar surface area (TPSA) is 120 Å². The molecule has 1 aliphatic rings. The first-order valence-electron chi connectivity index (χ1n) is 9.57. The Hall–Kier alpha value is -2.72. The molecule has 0 saturated carbocycles. The first-order valence-corrected chi connectivity index (χ1v) is 11.1. The fourth-order valence-corrected chi connectivity index (χ4v) is 5.20. The van der Waals surface area contributed by atoms with Gasteiger partial charge in [0.25, 0.3) is 0 Å². The van der Waals surface area contributed by atoms with Gasteiger partial charge in [-0.3, -0.25) is 0 Å². The molecule has 0 spiro atoms. The third kappa shape index (κ3) is 3.39. The molecule has 1 aliphatic heterocycles. The lowest BCUT2D eigenvalue weighted by Crippen LogP contribution is -2.46. The van der Waals surface area contributed by atoms with Crippen LogP contribution in [0.2, 0.25) is 0 Å². The normalized spacial score (nSPS) is 19.1. The minimum Gasteiger partial charge on any atom is -0.470 e. The summed E-state index contributed by atoms with van der Waals surface area (Å²) in [4.78, 5) is 10.7. The maximum Gasteiger partial charge on any atom is 0.242 e. The van der Waals surface area contributed by atoms with Gasteiger partial charge in [0, 0.05) is 6.61 Å². The smallest absolute Gasteiger partial charge is 0.242 e. The van der Waals surface area contributed by atoms with Gasteiger partial charge in [0.2, 0.25) is 15.7 Å². The molecule has 1 atom stereocenters. The average Bonchev–Trinajstić information content (AvgIpc) is 3.00. The fourth-order valence-electron chi connectivity index (χ4n) is 3.65. The highest BCUT2D eigenvalue weighted by Crippen LogP contribution is 2.37. The van der Waals surface area contributed by atoms with Crippen molar-refractivity contribution in [3.05, 3.63) is 35.9 Å². The Kier molecular flexibility index (Phi) is 4.94. The number of nitrogen functional groups attached to an aromatic ring is 1. The van der Waals surface area contributed by atoms with Gasteiger partial charge in [0.1, 0.15) is 44.4 Å². The fraction of sp³-hybridized carbons (Fsp3) is 0.400. The lowest BCUT2D eigenvalue weighted by molar-refractivity contribution is -0.122. The molecule has 2 aromatic heterocycles. The van der Waals surface area contributed by atoms with Crippen LogP contribution in [0.25, 0.3) is 11.0 Å². The molecule has 8 nitrogen and oxygen atoms in total. The molecule has 0 aliphatic carbocycles. The second-order valence-electron chi connectivity index (χ2n) is 7.80. The van der Waals surface area contributed by atoms with Crippen molar-refractivity contribution in [3.63, 3.8) is 0 Å². The number of benzene rings is 1. The molecule has 1 unspecified atom stereocenters. The van der Waals surface area contributed by atoms with Crippen LogP contribution in [0.5, 0.6) is 5.88 Å². The Labute approximate surface area is 173 Å². The zero-order chi connectivity index (χ0) is 21.7. The van der Waals surface area contributed by atoms with E-state index in [1.54, 1.807) is 6.92 Å². The summed E-state index contributed by atoms with van der Waals surface area (Å²) in [6.07, 6.45) is 1.30. The number of aryl methyl sites for hydroxylation is 1. The molecule has 3 heterocycles. The molecule has 0 bridgehead atoms. The SMILES string of the molecule is Cc1nc(OC2CCCOC2(C)C)c2[nH]c(N)c(S(=O)(=O)c3ccccc3F)c2n1. The molecule has 1 saturated heterocycles. The highest BCUT2D eigenvalue weighted by Gasteiger charge is 2.37. The molecule has 3 aromatic rings. The van der Waals surface area contributed by atoms with Gasteiger partial charge in [0.05, 0.1) is 5.60 Å². The van der Waals surface area contributed by atoms with E-state index in [4.69, 9.17) is 15.2 Å². The number of H-pyrrole nitrogens is 1. The monoisotopic (exact) mass is 434 g/mol. The maximum absolute atomic E-state index is 14.3. The summed E-state index contributed by atoms with van der Waals surface area (Å²) in [5, 5.41) is 0. The van der Waals surface area contributed by atoms with E-state index in [1.807, 2.05) is 13.8 Å². The Morgan fingerprint density at radius 1 is 1.30 bits per heavy atom. The van der Waals surface area contributed by atoms with Crippen molar-refractivity contribution in [1.29, 1.82) is 0 Å². The number of nitrogens with zero attached hydrogens (tertiary/aromatic N) is 2. The first-order chi connectivity index (χ1) is 14.1. The van der Waals surface area contributed by atoms with Crippen molar-refractivity contribution in [1.82, 2.24) is 15.0 Å². The van der Waals surface area contributed by atoms with Crippen LogP contribution in [-0.2, 0) is 14.6 Å². The largest absolute Gasteiger partial charge is 0.470 e. The summed E-state index contributed by atoms with van der Waals surface area (Å²) in [6.45, 7) is 6.13. The van der Waals surface area contributed by atoms with E-state index in [0.717, 1.165) is 18.9 Å². The number of nitrogens with two attached hydrogens (primary N) is 1. The number of nitrogens with one attached hydrogen (secondary N) is 1. The molecule has 4 rings (SSSR count). The van der Waals surface area contributed by atoms with Gasteiger partial charge < -0.3 is 20.2 Å². The molecule has 0 amide bonds. The predicted octanol–water partition coefficient (Wildman–Crippen LogP) is 3.16. The number of aromatic amines is 1. The molecule has 10 heteroatoms. The minimum atomic E-state index is -4.27. The number of sulfone groups is 1. The first kappa shape index (κ1) is 20.5. The van der Waals surface area contributed by atoms with Crippen molar-refractivity contribution in [3.8, 4) is 5.88 Å². The van der Waals surface area contributed by atoms with Gasteiger partial charge in [-0.25, -0.2) is 17.8 Å². The number of fused-ring (bicyclic) bond motifs is 1. The zero-order valence-electron chi connectivity index (χ0n) is 16.9. The number of hydrogen-bond acceptors (Lipinski definition) is 7. The van der Waals surface area contributed by atoms with Crippen LogP contribution in [0.15, 0.2) is 34.1 Å². The van der Waals surface area contributed by atoms with Crippen molar-refractivity contribution >= 4 is 26.7 Å². The lowest BCUT2D eigenvalue weighted by Gasteiger charge is -2.38. The highest BCUT2D eigenvalue weighted by molar-refractivity contribution is 7.92. The molecular formula is C20H23FN4O4S. The molecule has 0 radical (unpaired) electrons. The van der Waals surface area contributed by atoms with Crippen LogP contribution >= 0.6 is 0 Å². The van der Waals surface area contributed by atoms with Crippen LogP contribution in [0, 0.1) is 12.7 Å². The number of aromatic nitrogens is 3. The molecule has 160 valence electrons. The van der Waals surface area contributed by atoms with E-state index in [9.17, 15) is 12.8 Å². The minimum absolute atomic E-state index is 0.0628. The average molecular weight is 434 g/mol. The van der Waals surface area contributed by atoms with Crippen LogP contribution < -0.4 is 10.5 Å². The van der Waals surface area contributed by atoms with Crippen molar-refractivity contribution in [2.45, 2.75) is 55.1 Å². The third-order valence-corrected chi connectivity index (χ3v) is 7.08. The van der Waals surface area contributed by atoms with Crippen molar-refractivity contribution < 1.29 is 22.3 Å². The van der Waals surface area contributed by atoms with Crippen molar-refractivity contribution in [2.75, 3.05) is 12.3 Å². The zero-order valence-corrected chi connectivity index (χ0v) is 17.7. The summed E-state index contributed by atoms with van der Waals surface area (Å²) >= 11 is 0. The van der Waals surface area contributed by atoms with Gasteiger partial charge in [-0.2, -0.15) is 4.98 Å². The molecular weight excluding hydrogens is 411 g/mol. The Morgan fingerprint density at radius 2 is 2.03 bits per heavy atom. The van der Waals surface area contributed by atoms with Crippen molar-refractivity contribution in [2.24, 2.45) is 0 Å². The van der Waals surface area contributed by atoms with Gasteiger partial charge >= 0.3 is 0 Å². The Balaban J connectivity index is 1.87. The summed E-state index contributed by atoms with van der Waals surface area (Å²) < 4.78 is 52.6. The molecule has 30 heavy (non-hydrogen) atoms. The van der Waals surface area contributed by atoms with E-state index < -0.39 is 26.2 Å². The van der Waals surface area contributed by atoms with Crippen LogP contribution in [-0.4, -0.2) is 41.7 Å². The summed E-state index contributed by atoms with van der Waals surface area (Å²) in [5.41, 5.74) is 5.80. The number of rotatable bonds is 4. The second-order valence-corrected chi connectivity index (χ2v) is 9.66. The van der Waals surface area contributed by atoms with Gasteiger partial charge in [-0.1, -0.05) is 12.1 Å². The van der Waals surface area contributed by atoms with Crippen LogP contribution in [0.1, 0.15) is 32.5 Å². The summed E-state index contributed by atoms with van der Waals surface area (Å²) in [6, 6.07) is 5.13. The number of anilines is 1. The number of halogens is 1.